The predicted octanol–water partition coefficient (Wildman–Crippen LogP) is 1.45. The summed E-state index contributed by atoms with van der Waals surface area (Å²) in [6, 6.07) is 5.57. The average molecular weight is 265 g/mol. The Hall–Kier alpha value is -1.59. The van der Waals surface area contributed by atoms with E-state index in [1.54, 1.807) is 20.3 Å². The lowest BCUT2D eigenvalue weighted by atomic mass is 10.1. The Bertz CT molecular complexity index is 421. The topological polar surface area (TPSA) is 71.6 Å². The quantitative estimate of drug-likeness (QED) is 0.424. The van der Waals surface area contributed by atoms with E-state index in [9.17, 15) is 0 Å². The average Bonchev–Trinajstić information content (AvgIpc) is 2.38. The first-order valence-corrected chi connectivity index (χ1v) is 6.27. The number of ether oxygens (including phenoxy) is 2. The van der Waals surface area contributed by atoms with Crippen molar-refractivity contribution in [2.24, 2.45) is 5.73 Å². The van der Waals surface area contributed by atoms with Gasteiger partial charge in [-0.25, -0.2) is 0 Å². The lowest BCUT2D eigenvalue weighted by Gasteiger charge is -2.18. The van der Waals surface area contributed by atoms with E-state index in [1.165, 1.54) is 0 Å². The molecule has 0 unspecified atom stereocenters. The molecule has 1 rings (SSSR count). The lowest BCUT2D eigenvalue weighted by Crippen LogP contribution is -2.21. The van der Waals surface area contributed by atoms with Crippen LogP contribution in [0.4, 0.5) is 0 Å². The van der Waals surface area contributed by atoms with Gasteiger partial charge in [0.15, 0.2) is 0 Å². The molecule has 1 aromatic carbocycles. The van der Waals surface area contributed by atoms with Crippen molar-refractivity contribution >= 4 is 5.84 Å². The van der Waals surface area contributed by atoms with Crippen molar-refractivity contribution in [2.75, 3.05) is 34.4 Å². The maximum Gasteiger partial charge on any atom is 0.123 e. The fourth-order valence-electron chi connectivity index (χ4n) is 1.92. The van der Waals surface area contributed by atoms with Crippen LogP contribution in [-0.2, 0) is 11.3 Å². The highest BCUT2D eigenvalue weighted by Crippen LogP contribution is 2.21. The number of amidine groups is 1. The van der Waals surface area contributed by atoms with Gasteiger partial charge in [0, 0.05) is 37.9 Å². The Morgan fingerprint density at radius 3 is 2.68 bits per heavy atom. The molecule has 0 aliphatic carbocycles. The first-order valence-electron chi connectivity index (χ1n) is 6.27. The number of nitrogens with one attached hydrogen (secondary N) is 1. The Balaban J connectivity index is 2.74. The van der Waals surface area contributed by atoms with E-state index >= 15 is 0 Å². The number of methoxy groups -OCH3 is 2. The fraction of sp³-hybridized carbons (Fsp3) is 0.500. The van der Waals surface area contributed by atoms with Crippen molar-refractivity contribution in [2.45, 2.75) is 13.0 Å². The molecule has 5 nitrogen and oxygen atoms in total. The van der Waals surface area contributed by atoms with Crippen LogP contribution in [0.5, 0.6) is 5.75 Å². The van der Waals surface area contributed by atoms with Gasteiger partial charge in [0.25, 0.3) is 0 Å². The summed E-state index contributed by atoms with van der Waals surface area (Å²) < 4.78 is 10.4. The Kier molecular flexibility index (Phi) is 6.32. The molecule has 0 radical (unpaired) electrons. The third-order valence-corrected chi connectivity index (χ3v) is 2.92. The van der Waals surface area contributed by atoms with Crippen LogP contribution in [0.25, 0.3) is 0 Å². The lowest BCUT2D eigenvalue weighted by molar-refractivity contribution is 0.178. The highest BCUT2D eigenvalue weighted by Gasteiger charge is 2.08. The van der Waals surface area contributed by atoms with Crippen LogP contribution in [0.15, 0.2) is 18.2 Å². The number of hydrogen-bond acceptors (Lipinski definition) is 4. The second-order valence-electron chi connectivity index (χ2n) is 4.52. The molecule has 0 aliphatic rings. The largest absolute Gasteiger partial charge is 0.496 e. The van der Waals surface area contributed by atoms with Gasteiger partial charge in [0.2, 0.25) is 0 Å². The van der Waals surface area contributed by atoms with Crippen molar-refractivity contribution in [1.29, 1.82) is 5.41 Å². The highest BCUT2D eigenvalue weighted by molar-refractivity contribution is 5.95. The first kappa shape index (κ1) is 15.5. The van der Waals surface area contributed by atoms with Crippen LogP contribution in [0, 0.1) is 5.41 Å². The molecule has 0 fully saturated rings. The van der Waals surface area contributed by atoms with E-state index in [0.717, 1.165) is 43.0 Å². The standard InChI is InChI=1S/C14H23N3O2/c1-17(7-4-8-18-2)10-12-9-11(14(15)16)5-6-13(12)19-3/h5-6,9H,4,7-8,10H2,1-3H3,(H3,15,16). The molecule has 0 atom stereocenters. The van der Waals surface area contributed by atoms with Crippen LogP contribution in [0.1, 0.15) is 17.5 Å². The summed E-state index contributed by atoms with van der Waals surface area (Å²) >= 11 is 0. The molecule has 0 saturated carbocycles. The number of nitrogen functional groups attached to an aromatic ring is 1. The summed E-state index contributed by atoms with van der Waals surface area (Å²) in [6.45, 7) is 2.46. The second-order valence-corrected chi connectivity index (χ2v) is 4.52. The van der Waals surface area contributed by atoms with Crippen molar-refractivity contribution in [3.05, 3.63) is 29.3 Å². The van der Waals surface area contributed by atoms with Gasteiger partial charge in [-0.3, -0.25) is 5.41 Å². The summed E-state index contributed by atoms with van der Waals surface area (Å²) in [5.74, 6) is 0.898. The smallest absolute Gasteiger partial charge is 0.123 e. The molecular weight excluding hydrogens is 242 g/mol. The van der Waals surface area contributed by atoms with Crippen LogP contribution in [0.2, 0.25) is 0 Å². The van der Waals surface area contributed by atoms with Crippen molar-refractivity contribution in [1.82, 2.24) is 4.90 Å². The minimum absolute atomic E-state index is 0.0749. The normalized spacial score (nSPS) is 10.7. The summed E-state index contributed by atoms with van der Waals surface area (Å²) in [6.07, 6.45) is 0.988. The van der Waals surface area contributed by atoms with Gasteiger partial charge in [0.05, 0.1) is 7.11 Å². The van der Waals surface area contributed by atoms with Crippen LogP contribution >= 0.6 is 0 Å². The van der Waals surface area contributed by atoms with Gasteiger partial charge in [-0.1, -0.05) is 0 Å². The highest BCUT2D eigenvalue weighted by atomic mass is 16.5. The van der Waals surface area contributed by atoms with Crippen molar-refractivity contribution in [3.8, 4) is 5.75 Å². The number of nitrogens with two attached hydrogens (primary N) is 1. The molecule has 0 aromatic heterocycles. The van der Waals surface area contributed by atoms with E-state index in [-0.39, 0.29) is 5.84 Å². The molecule has 19 heavy (non-hydrogen) atoms. The van der Waals surface area contributed by atoms with Gasteiger partial charge < -0.3 is 20.1 Å². The third-order valence-electron chi connectivity index (χ3n) is 2.92. The molecule has 0 amide bonds. The zero-order valence-corrected chi connectivity index (χ0v) is 11.9. The SMILES string of the molecule is COCCCN(C)Cc1cc(C(=N)N)ccc1OC. The van der Waals surface area contributed by atoms with Gasteiger partial charge in [-0.05, 0) is 31.7 Å². The number of hydrogen-bond donors (Lipinski definition) is 2. The molecule has 0 heterocycles. The maximum absolute atomic E-state index is 7.48. The predicted molar refractivity (Wildman–Crippen MR) is 76.8 cm³/mol. The molecule has 106 valence electrons. The number of nitrogens with zero attached hydrogens (tertiary/aromatic N) is 1. The molecule has 0 aliphatic heterocycles. The monoisotopic (exact) mass is 265 g/mol. The van der Waals surface area contributed by atoms with E-state index in [1.807, 2.05) is 12.1 Å². The van der Waals surface area contributed by atoms with Crippen molar-refractivity contribution in [3.63, 3.8) is 0 Å². The molecular formula is C14H23N3O2. The number of rotatable bonds is 8. The third kappa shape index (κ3) is 4.89. The zero-order valence-electron chi connectivity index (χ0n) is 11.9. The summed E-state index contributed by atoms with van der Waals surface area (Å²) in [5, 5.41) is 7.48. The second kappa shape index (κ2) is 7.76. The minimum Gasteiger partial charge on any atom is -0.496 e. The van der Waals surface area contributed by atoms with E-state index in [2.05, 4.69) is 11.9 Å². The Morgan fingerprint density at radius 1 is 1.37 bits per heavy atom. The molecule has 0 saturated heterocycles. The van der Waals surface area contributed by atoms with Crippen LogP contribution in [0.3, 0.4) is 0 Å². The summed E-state index contributed by atoms with van der Waals surface area (Å²) in [4.78, 5) is 2.20. The fourth-order valence-corrected chi connectivity index (χ4v) is 1.92. The zero-order chi connectivity index (χ0) is 14.3. The van der Waals surface area contributed by atoms with Gasteiger partial charge >= 0.3 is 0 Å². The van der Waals surface area contributed by atoms with Crippen LogP contribution in [-0.4, -0.2) is 45.2 Å². The van der Waals surface area contributed by atoms with E-state index in [4.69, 9.17) is 20.6 Å². The summed E-state index contributed by atoms with van der Waals surface area (Å²) in [7, 11) is 5.41. The maximum atomic E-state index is 7.48. The van der Waals surface area contributed by atoms with E-state index in [0.29, 0.717) is 0 Å². The molecule has 3 N–H and O–H groups in total. The molecule has 0 bridgehead atoms. The van der Waals surface area contributed by atoms with Crippen molar-refractivity contribution < 1.29 is 9.47 Å². The summed E-state index contributed by atoms with van der Waals surface area (Å²) in [5.41, 5.74) is 7.28. The van der Waals surface area contributed by atoms with E-state index < -0.39 is 0 Å². The Morgan fingerprint density at radius 2 is 2.11 bits per heavy atom. The van der Waals surface area contributed by atoms with Gasteiger partial charge in [-0.15, -0.1) is 0 Å². The van der Waals surface area contributed by atoms with Crippen LogP contribution < -0.4 is 10.5 Å². The molecule has 5 heteroatoms. The molecule has 1 aromatic rings. The first-order chi connectivity index (χ1) is 9.08. The van der Waals surface area contributed by atoms with Gasteiger partial charge in [-0.2, -0.15) is 0 Å². The minimum atomic E-state index is 0.0749. The Labute approximate surface area is 114 Å². The number of benzene rings is 1. The van der Waals surface area contributed by atoms with Gasteiger partial charge in [0.1, 0.15) is 11.6 Å². The molecule has 0 spiro atoms.